The van der Waals surface area contributed by atoms with Gasteiger partial charge >= 0.3 is 0 Å². The van der Waals surface area contributed by atoms with Crippen LogP contribution < -0.4 is 11.1 Å². The van der Waals surface area contributed by atoms with Crippen molar-refractivity contribution in [2.75, 3.05) is 11.1 Å². The van der Waals surface area contributed by atoms with Crippen LogP contribution in [0.25, 0.3) is 0 Å². The Kier molecular flexibility index (Phi) is 4.07. The first-order valence-corrected chi connectivity index (χ1v) is 6.64. The molecule has 98 valence electrons. The van der Waals surface area contributed by atoms with Gasteiger partial charge in [-0.1, -0.05) is 17.7 Å². The zero-order chi connectivity index (χ0) is 14.0. The smallest absolute Gasteiger partial charge is 0.258 e. The molecule has 0 radical (unpaired) electrons. The van der Waals surface area contributed by atoms with E-state index in [2.05, 4.69) is 26.2 Å². The van der Waals surface area contributed by atoms with Crippen molar-refractivity contribution in [3.05, 3.63) is 51.1 Å². The molecule has 19 heavy (non-hydrogen) atoms. The first-order chi connectivity index (χ1) is 8.99. The monoisotopic (exact) mass is 339 g/mol. The standard InChI is InChI=1S/C13H11BrClN3O/c1-7-9(14)5-6-11(17-7)18-13(19)8-3-2-4-10(16)12(8)15/h2-6H,16H2,1H3,(H,17,18,19). The molecule has 1 aromatic carbocycles. The van der Waals surface area contributed by atoms with Crippen LogP contribution in [0, 0.1) is 6.92 Å². The third kappa shape index (κ3) is 3.05. The second-order valence-electron chi connectivity index (χ2n) is 3.93. The first-order valence-electron chi connectivity index (χ1n) is 5.47. The number of aromatic nitrogens is 1. The zero-order valence-electron chi connectivity index (χ0n) is 10.1. The van der Waals surface area contributed by atoms with Gasteiger partial charge < -0.3 is 11.1 Å². The average molecular weight is 341 g/mol. The Morgan fingerprint density at radius 1 is 1.37 bits per heavy atom. The van der Waals surface area contributed by atoms with Crippen LogP contribution in [0.3, 0.4) is 0 Å². The van der Waals surface area contributed by atoms with E-state index in [0.717, 1.165) is 10.2 Å². The fourth-order valence-corrected chi connectivity index (χ4v) is 1.96. The van der Waals surface area contributed by atoms with Crippen molar-refractivity contribution >= 4 is 44.9 Å². The summed E-state index contributed by atoms with van der Waals surface area (Å²) in [7, 11) is 0. The Labute approximate surface area is 124 Å². The molecule has 2 aromatic rings. The lowest BCUT2D eigenvalue weighted by molar-refractivity contribution is 0.102. The minimum atomic E-state index is -0.341. The van der Waals surface area contributed by atoms with Crippen LogP contribution in [0.5, 0.6) is 0 Å². The van der Waals surface area contributed by atoms with Gasteiger partial charge in [0.15, 0.2) is 0 Å². The Hall–Kier alpha value is -1.59. The van der Waals surface area contributed by atoms with E-state index in [1.807, 2.05) is 13.0 Å². The van der Waals surface area contributed by atoms with Crippen LogP contribution in [0.2, 0.25) is 5.02 Å². The summed E-state index contributed by atoms with van der Waals surface area (Å²) in [4.78, 5) is 16.3. The van der Waals surface area contributed by atoms with Crippen molar-refractivity contribution in [2.45, 2.75) is 6.92 Å². The summed E-state index contributed by atoms with van der Waals surface area (Å²) in [6, 6.07) is 8.45. The first kappa shape index (κ1) is 13.8. The number of halogens is 2. The number of anilines is 2. The number of rotatable bonds is 2. The van der Waals surface area contributed by atoms with Crippen molar-refractivity contribution in [1.82, 2.24) is 4.98 Å². The molecule has 0 aliphatic heterocycles. The molecule has 0 bridgehead atoms. The molecular formula is C13H11BrClN3O. The summed E-state index contributed by atoms with van der Waals surface area (Å²) in [6.45, 7) is 1.84. The molecule has 0 saturated carbocycles. The number of hydrogen-bond acceptors (Lipinski definition) is 3. The topological polar surface area (TPSA) is 68.0 Å². The number of nitrogen functional groups attached to an aromatic ring is 1. The van der Waals surface area contributed by atoms with E-state index in [1.54, 1.807) is 24.3 Å². The van der Waals surface area contributed by atoms with Gasteiger partial charge in [-0.3, -0.25) is 4.79 Å². The van der Waals surface area contributed by atoms with Gasteiger partial charge in [0, 0.05) is 4.47 Å². The molecule has 0 unspecified atom stereocenters. The highest BCUT2D eigenvalue weighted by molar-refractivity contribution is 9.10. The van der Waals surface area contributed by atoms with Crippen LogP contribution in [0.15, 0.2) is 34.8 Å². The number of nitrogens with one attached hydrogen (secondary N) is 1. The summed E-state index contributed by atoms with van der Waals surface area (Å²) in [5, 5.41) is 2.93. The third-order valence-corrected chi connectivity index (χ3v) is 3.80. The minimum Gasteiger partial charge on any atom is -0.398 e. The van der Waals surface area contributed by atoms with E-state index in [4.69, 9.17) is 17.3 Å². The highest BCUT2D eigenvalue weighted by Crippen LogP contribution is 2.24. The van der Waals surface area contributed by atoms with Crippen LogP contribution in [0.4, 0.5) is 11.5 Å². The molecule has 1 amide bonds. The van der Waals surface area contributed by atoms with Gasteiger partial charge in [0.1, 0.15) is 5.82 Å². The van der Waals surface area contributed by atoms with Gasteiger partial charge in [-0.25, -0.2) is 4.98 Å². The lowest BCUT2D eigenvalue weighted by Gasteiger charge is -2.08. The largest absolute Gasteiger partial charge is 0.398 e. The molecule has 0 atom stereocenters. The van der Waals surface area contributed by atoms with Crippen molar-refractivity contribution < 1.29 is 4.79 Å². The molecule has 0 fully saturated rings. The average Bonchev–Trinajstić information content (AvgIpc) is 2.37. The van der Waals surface area contributed by atoms with E-state index >= 15 is 0 Å². The molecular weight excluding hydrogens is 330 g/mol. The highest BCUT2D eigenvalue weighted by Gasteiger charge is 2.13. The fourth-order valence-electron chi connectivity index (χ4n) is 1.52. The molecule has 0 aliphatic rings. The highest BCUT2D eigenvalue weighted by atomic mass is 79.9. The number of carbonyl (C=O) groups is 1. The number of pyridine rings is 1. The minimum absolute atomic E-state index is 0.244. The van der Waals surface area contributed by atoms with Crippen molar-refractivity contribution in [3.63, 3.8) is 0 Å². The molecule has 1 aromatic heterocycles. The zero-order valence-corrected chi connectivity index (χ0v) is 12.4. The molecule has 3 N–H and O–H groups in total. The van der Waals surface area contributed by atoms with Crippen LogP contribution in [-0.4, -0.2) is 10.9 Å². The van der Waals surface area contributed by atoms with E-state index in [0.29, 0.717) is 17.1 Å². The third-order valence-electron chi connectivity index (χ3n) is 2.54. The van der Waals surface area contributed by atoms with Crippen molar-refractivity contribution in [2.24, 2.45) is 0 Å². The van der Waals surface area contributed by atoms with Crippen LogP contribution in [0.1, 0.15) is 16.1 Å². The molecule has 0 aliphatic carbocycles. The second kappa shape index (κ2) is 5.59. The lowest BCUT2D eigenvalue weighted by Crippen LogP contribution is -2.14. The number of hydrogen-bond donors (Lipinski definition) is 2. The molecule has 4 nitrogen and oxygen atoms in total. The number of benzene rings is 1. The van der Waals surface area contributed by atoms with E-state index in [9.17, 15) is 4.79 Å². The number of amides is 1. The van der Waals surface area contributed by atoms with E-state index < -0.39 is 0 Å². The predicted octanol–water partition coefficient (Wildman–Crippen LogP) is 3.64. The van der Waals surface area contributed by atoms with E-state index in [-0.39, 0.29) is 10.9 Å². The molecule has 0 spiro atoms. The van der Waals surface area contributed by atoms with Gasteiger partial charge in [0.2, 0.25) is 0 Å². The van der Waals surface area contributed by atoms with Crippen LogP contribution in [-0.2, 0) is 0 Å². The van der Waals surface area contributed by atoms with Gasteiger partial charge in [-0.2, -0.15) is 0 Å². The Bertz CT molecular complexity index is 646. The summed E-state index contributed by atoms with van der Waals surface area (Å²) >= 11 is 9.35. The van der Waals surface area contributed by atoms with Gasteiger partial charge in [-0.05, 0) is 47.1 Å². The quantitative estimate of drug-likeness (QED) is 0.820. The van der Waals surface area contributed by atoms with E-state index in [1.165, 1.54) is 0 Å². The number of nitrogens with zero attached hydrogens (tertiary/aromatic N) is 1. The number of nitrogens with two attached hydrogens (primary N) is 1. The summed E-state index contributed by atoms with van der Waals surface area (Å²) in [5.41, 5.74) is 7.14. The summed E-state index contributed by atoms with van der Waals surface area (Å²) in [5.74, 6) is 0.121. The number of carbonyl (C=O) groups excluding carboxylic acids is 1. The number of aryl methyl sites for hydroxylation is 1. The van der Waals surface area contributed by atoms with Gasteiger partial charge in [-0.15, -0.1) is 0 Å². The maximum atomic E-state index is 12.1. The summed E-state index contributed by atoms with van der Waals surface area (Å²) < 4.78 is 0.882. The van der Waals surface area contributed by atoms with Crippen molar-refractivity contribution in [1.29, 1.82) is 0 Å². The fraction of sp³-hybridized carbons (Fsp3) is 0.0769. The Morgan fingerprint density at radius 2 is 2.11 bits per heavy atom. The Balaban J connectivity index is 2.26. The lowest BCUT2D eigenvalue weighted by atomic mass is 10.2. The molecule has 2 rings (SSSR count). The molecule has 1 heterocycles. The van der Waals surface area contributed by atoms with Gasteiger partial charge in [0.25, 0.3) is 5.91 Å². The maximum Gasteiger partial charge on any atom is 0.258 e. The van der Waals surface area contributed by atoms with Crippen molar-refractivity contribution in [3.8, 4) is 0 Å². The SMILES string of the molecule is Cc1nc(NC(=O)c2cccc(N)c2Cl)ccc1Br. The molecule has 0 saturated heterocycles. The second-order valence-corrected chi connectivity index (χ2v) is 5.16. The Morgan fingerprint density at radius 3 is 2.79 bits per heavy atom. The van der Waals surface area contributed by atoms with Gasteiger partial charge in [0.05, 0.1) is 22.0 Å². The maximum absolute atomic E-state index is 12.1. The predicted molar refractivity (Wildman–Crippen MR) is 80.5 cm³/mol. The molecule has 6 heteroatoms. The normalized spacial score (nSPS) is 10.3. The summed E-state index contributed by atoms with van der Waals surface area (Å²) in [6.07, 6.45) is 0. The van der Waals surface area contributed by atoms with Crippen LogP contribution >= 0.6 is 27.5 Å².